The number of hydrogen-bond acceptors (Lipinski definition) is 3. The predicted molar refractivity (Wildman–Crippen MR) is 74.9 cm³/mol. The molecule has 0 saturated heterocycles. The Morgan fingerprint density at radius 3 is 2.45 bits per heavy atom. The molecule has 0 aliphatic rings. The minimum Gasteiger partial charge on any atom is -0.384 e. The van der Waals surface area contributed by atoms with Crippen molar-refractivity contribution in [2.24, 2.45) is 7.05 Å². The van der Waals surface area contributed by atoms with Gasteiger partial charge in [-0.1, -0.05) is 0 Å². The van der Waals surface area contributed by atoms with Gasteiger partial charge in [0.25, 0.3) is 0 Å². The summed E-state index contributed by atoms with van der Waals surface area (Å²) in [6.07, 6.45) is -2.88. The first-order valence-corrected chi connectivity index (χ1v) is 6.26. The van der Waals surface area contributed by atoms with E-state index < -0.39 is 17.8 Å². The highest BCUT2D eigenvalue weighted by Gasteiger charge is 2.29. The van der Waals surface area contributed by atoms with Gasteiger partial charge >= 0.3 is 12.2 Å². The van der Waals surface area contributed by atoms with E-state index in [-0.39, 0.29) is 12.2 Å². The third-order valence-electron chi connectivity index (χ3n) is 2.97. The molecule has 2 aromatic rings. The van der Waals surface area contributed by atoms with Crippen molar-refractivity contribution in [1.29, 1.82) is 0 Å². The lowest BCUT2D eigenvalue weighted by molar-refractivity contribution is -0.137. The number of urea groups is 1. The zero-order chi connectivity index (χ0) is 16.3. The summed E-state index contributed by atoms with van der Waals surface area (Å²) < 4.78 is 38.7. The zero-order valence-electron chi connectivity index (χ0n) is 11.6. The van der Waals surface area contributed by atoms with Gasteiger partial charge in [-0.25, -0.2) is 4.79 Å². The topological polar surface area (TPSA) is 85.0 Å². The maximum Gasteiger partial charge on any atom is 0.416 e. The molecule has 0 atom stereocenters. The summed E-state index contributed by atoms with van der Waals surface area (Å²) in [6, 6.07) is 3.61. The van der Waals surface area contributed by atoms with Crippen LogP contribution in [0.5, 0.6) is 0 Å². The fraction of sp³-hybridized carbons (Fsp3) is 0.231. The number of aryl methyl sites for hydroxylation is 1. The summed E-state index contributed by atoms with van der Waals surface area (Å²) in [6.45, 7) is 0.159. The van der Waals surface area contributed by atoms with Crippen LogP contribution in [0.1, 0.15) is 11.1 Å². The molecular formula is C13H14F3N5O. The zero-order valence-corrected chi connectivity index (χ0v) is 11.6. The van der Waals surface area contributed by atoms with Gasteiger partial charge in [0.2, 0.25) is 0 Å². The number of carbonyl (C=O) groups excluding carboxylic acids is 1. The van der Waals surface area contributed by atoms with E-state index in [1.165, 1.54) is 23.0 Å². The van der Waals surface area contributed by atoms with E-state index in [1.807, 2.05) is 0 Å². The minimum absolute atomic E-state index is 0.159. The summed E-state index contributed by atoms with van der Waals surface area (Å²) in [5, 5.41) is 8.90. The van der Waals surface area contributed by atoms with Gasteiger partial charge < -0.3 is 16.4 Å². The highest BCUT2D eigenvalue weighted by atomic mass is 19.4. The van der Waals surface area contributed by atoms with Crippen molar-refractivity contribution in [3.05, 3.63) is 41.6 Å². The summed E-state index contributed by atoms with van der Waals surface area (Å²) >= 11 is 0. The Kier molecular flexibility index (Phi) is 4.25. The molecule has 2 rings (SSSR count). The number of anilines is 2. The second-order valence-corrected chi connectivity index (χ2v) is 4.56. The van der Waals surface area contributed by atoms with Gasteiger partial charge in [-0.05, 0) is 24.3 Å². The lowest BCUT2D eigenvalue weighted by atomic mass is 10.2. The Balaban J connectivity index is 1.91. The molecule has 0 saturated carbocycles. The van der Waals surface area contributed by atoms with Crippen LogP contribution in [0, 0.1) is 0 Å². The minimum atomic E-state index is -4.40. The number of nitrogens with one attached hydrogen (secondary N) is 2. The van der Waals surface area contributed by atoms with Crippen LogP contribution in [0.15, 0.2) is 30.5 Å². The molecule has 1 heterocycles. The van der Waals surface area contributed by atoms with E-state index in [0.29, 0.717) is 11.4 Å². The van der Waals surface area contributed by atoms with Gasteiger partial charge in [-0.15, -0.1) is 0 Å². The quantitative estimate of drug-likeness (QED) is 0.813. The fourth-order valence-corrected chi connectivity index (χ4v) is 1.72. The van der Waals surface area contributed by atoms with E-state index in [2.05, 4.69) is 15.7 Å². The van der Waals surface area contributed by atoms with E-state index >= 15 is 0 Å². The smallest absolute Gasteiger partial charge is 0.384 e. The van der Waals surface area contributed by atoms with Gasteiger partial charge in [0.05, 0.1) is 11.8 Å². The normalized spacial score (nSPS) is 11.3. The number of halogens is 3. The highest BCUT2D eigenvalue weighted by Crippen LogP contribution is 2.29. The second kappa shape index (κ2) is 5.96. The van der Waals surface area contributed by atoms with Gasteiger partial charge in [0.15, 0.2) is 0 Å². The number of alkyl halides is 3. The molecule has 118 valence electrons. The molecule has 0 fully saturated rings. The number of nitrogens with zero attached hydrogens (tertiary/aromatic N) is 2. The lowest BCUT2D eigenvalue weighted by Gasteiger charge is -2.09. The first-order chi connectivity index (χ1) is 10.3. The molecule has 1 aromatic heterocycles. The second-order valence-electron chi connectivity index (χ2n) is 4.56. The van der Waals surface area contributed by atoms with Crippen LogP contribution in [-0.4, -0.2) is 15.8 Å². The Morgan fingerprint density at radius 1 is 1.32 bits per heavy atom. The molecule has 0 spiro atoms. The first kappa shape index (κ1) is 15.7. The summed E-state index contributed by atoms with van der Waals surface area (Å²) in [7, 11) is 1.67. The van der Waals surface area contributed by atoms with Crippen LogP contribution in [0.2, 0.25) is 0 Å². The molecule has 0 unspecified atom stereocenters. The van der Waals surface area contributed by atoms with Crippen LogP contribution >= 0.6 is 0 Å². The Bertz CT molecular complexity index is 663. The number of carbonyl (C=O) groups is 1. The highest BCUT2D eigenvalue weighted by molar-refractivity contribution is 5.89. The molecular weight excluding hydrogens is 299 g/mol. The maximum atomic E-state index is 12.4. The molecule has 22 heavy (non-hydrogen) atoms. The Labute approximate surface area is 124 Å². The summed E-state index contributed by atoms with van der Waals surface area (Å²) in [4.78, 5) is 11.7. The number of benzene rings is 1. The number of nitrogen functional groups attached to an aromatic ring is 1. The van der Waals surface area contributed by atoms with Gasteiger partial charge in [0, 0.05) is 24.8 Å². The summed E-state index contributed by atoms with van der Waals surface area (Å²) in [5.74, 6) is 0.426. The van der Waals surface area contributed by atoms with Crippen molar-refractivity contribution in [3.8, 4) is 0 Å². The molecule has 4 N–H and O–H groups in total. The van der Waals surface area contributed by atoms with Crippen LogP contribution < -0.4 is 16.4 Å². The van der Waals surface area contributed by atoms with Crippen molar-refractivity contribution < 1.29 is 18.0 Å². The molecule has 2 amide bonds. The third-order valence-corrected chi connectivity index (χ3v) is 2.97. The average Bonchev–Trinajstić information content (AvgIpc) is 2.76. The van der Waals surface area contributed by atoms with E-state index in [9.17, 15) is 18.0 Å². The average molecular weight is 313 g/mol. The number of hydrogen-bond donors (Lipinski definition) is 3. The van der Waals surface area contributed by atoms with Crippen LogP contribution in [-0.2, 0) is 19.8 Å². The van der Waals surface area contributed by atoms with Crippen LogP contribution in [0.4, 0.5) is 29.5 Å². The lowest BCUT2D eigenvalue weighted by Crippen LogP contribution is -2.28. The largest absolute Gasteiger partial charge is 0.416 e. The monoisotopic (exact) mass is 313 g/mol. The van der Waals surface area contributed by atoms with E-state index in [1.54, 1.807) is 7.05 Å². The van der Waals surface area contributed by atoms with Crippen molar-refractivity contribution in [2.45, 2.75) is 12.7 Å². The maximum absolute atomic E-state index is 12.4. The summed E-state index contributed by atoms with van der Waals surface area (Å²) in [5.41, 5.74) is 5.84. The molecule has 1 aromatic carbocycles. The van der Waals surface area contributed by atoms with Crippen molar-refractivity contribution in [2.75, 3.05) is 11.1 Å². The molecule has 0 radical (unpaired) electrons. The Morgan fingerprint density at radius 2 is 1.95 bits per heavy atom. The molecule has 0 aliphatic carbocycles. The number of nitrogens with two attached hydrogens (primary N) is 1. The van der Waals surface area contributed by atoms with Gasteiger partial charge in [-0.3, -0.25) is 4.68 Å². The van der Waals surface area contributed by atoms with Crippen molar-refractivity contribution in [1.82, 2.24) is 15.1 Å². The van der Waals surface area contributed by atoms with Gasteiger partial charge in [0.1, 0.15) is 5.82 Å². The van der Waals surface area contributed by atoms with Crippen LogP contribution in [0.25, 0.3) is 0 Å². The number of aromatic nitrogens is 2. The molecule has 0 aliphatic heterocycles. The van der Waals surface area contributed by atoms with E-state index in [0.717, 1.165) is 12.1 Å². The van der Waals surface area contributed by atoms with Gasteiger partial charge in [-0.2, -0.15) is 18.3 Å². The first-order valence-electron chi connectivity index (χ1n) is 6.26. The molecule has 0 bridgehead atoms. The standard InChI is InChI=1S/C13H14F3N5O/c1-21-11(17)8(7-19-21)6-18-12(22)20-10-4-2-9(3-5-10)13(14,15)16/h2-5,7H,6,17H2,1H3,(H2,18,20,22). The predicted octanol–water partition coefficient (Wildman–Crippen LogP) is 2.34. The van der Waals surface area contributed by atoms with Crippen molar-refractivity contribution in [3.63, 3.8) is 0 Å². The number of amides is 2. The fourth-order valence-electron chi connectivity index (χ4n) is 1.72. The van der Waals surface area contributed by atoms with Crippen molar-refractivity contribution >= 4 is 17.5 Å². The molecule has 6 nitrogen and oxygen atoms in total. The third kappa shape index (κ3) is 3.68. The molecule has 9 heteroatoms. The Hall–Kier alpha value is -2.71. The van der Waals surface area contributed by atoms with E-state index in [4.69, 9.17) is 5.73 Å². The SMILES string of the molecule is Cn1ncc(CNC(=O)Nc2ccc(C(F)(F)F)cc2)c1N. The number of rotatable bonds is 3. The van der Waals surface area contributed by atoms with Crippen LogP contribution in [0.3, 0.4) is 0 Å².